The van der Waals surface area contributed by atoms with E-state index in [1.165, 1.54) is 5.56 Å². The molecule has 2 aromatic carbocycles. The topological polar surface area (TPSA) is 53.3 Å². The lowest BCUT2D eigenvalue weighted by atomic mass is 9.96. The Morgan fingerprint density at radius 2 is 1.76 bits per heavy atom. The predicted octanol–water partition coefficient (Wildman–Crippen LogP) is 6.33. The number of benzene rings is 2. The van der Waals surface area contributed by atoms with E-state index in [0.29, 0.717) is 15.8 Å². The number of phenols is 1. The summed E-state index contributed by atoms with van der Waals surface area (Å²) in [5.41, 5.74) is 7.07. The minimum Gasteiger partial charge on any atom is -0.506 e. The molecular weight excluding hydrogens is 464 g/mol. The Morgan fingerprint density at radius 3 is 2.47 bits per heavy atom. The van der Waals surface area contributed by atoms with Crippen LogP contribution in [0.4, 0.5) is 5.69 Å². The van der Waals surface area contributed by atoms with E-state index in [0.717, 1.165) is 28.3 Å². The van der Waals surface area contributed by atoms with Crippen molar-refractivity contribution < 1.29 is 5.11 Å². The standard InChI is InChI=1S/C27H25ClN4OS/c1-16-7-10-20(11-8-16)31-17(2)14-21(18(31)3)26-25(22-6-4-5-13-29-22)30-27(34)32(26)23-15-19(28)9-12-24(23)33/h4-15,25-26,33H,1-3H3,(H,30,34)/t25-,26+/m1/s1. The van der Waals surface area contributed by atoms with Gasteiger partial charge in [0, 0.05) is 28.3 Å². The number of phenolic OH excluding ortho intramolecular Hbond substituents is 1. The number of aromatic hydroxyl groups is 1. The molecule has 4 aromatic rings. The second kappa shape index (κ2) is 8.78. The first kappa shape index (κ1) is 22.4. The summed E-state index contributed by atoms with van der Waals surface area (Å²) < 4.78 is 2.25. The fraction of sp³-hybridized carbons (Fsp3) is 0.185. The van der Waals surface area contributed by atoms with E-state index in [9.17, 15) is 5.11 Å². The van der Waals surface area contributed by atoms with Crippen LogP contribution in [-0.2, 0) is 0 Å². The van der Waals surface area contributed by atoms with Gasteiger partial charge in [-0.3, -0.25) is 4.98 Å². The summed E-state index contributed by atoms with van der Waals surface area (Å²) in [7, 11) is 0. The maximum Gasteiger partial charge on any atom is 0.174 e. The molecule has 0 aliphatic carbocycles. The monoisotopic (exact) mass is 488 g/mol. The normalized spacial score (nSPS) is 17.8. The van der Waals surface area contributed by atoms with E-state index in [1.807, 2.05) is 23.1 Å². The average Bonchev–Trinajstić information content (AvgIpc) is 3.32. The highest BCUT2D eigenvalue weighted by atomic mass is 35.5. The van der Waals surface area contributed by atoms with Crippen LogP contribution in [0, 0.1) is 20.8 Å². The van der Waals surface area contributed by atoms with Crippen LogP contribution in [0.3, 0.4) is 0 Å². The van der Waals surface area contributed by atoms with Crippen molar-refractivity contribution in [3.05, 3.63) is 106 Å². The lowest BCUT2D eigenvalue weighted by Crippen LogP contribution is -2.29. The van der Waals surface area contributed by atoms with Gasteiger partial charge in [-0.05, 0) is 87.1 Å². The van der Waals surface area contributed by atoms with Gasteiger partial charge < -0.3 is 19.9 Å². The predicted molar refractivity (Wildman–Crippen MR) is 141 cm³/mol. The Morgan fingerprint density at radius 1 is 1.00 bits per heavy atom. The molecule has 0 amide bonds. The van der Waals surface area contributed by atoms with Crippen LogP contribution >= 0.6 is 23.8 Å². The molecule has 3 heterocycles. The second-order valence-corrected chi connectivity index (χ2v) is 9.45. The number of hydrogen-bond acceptors (Lipinski definition) is 3. The van der Waals surface area contributed by atoms with Crippen LogP contribution in [0.25, 0.3) is 5.69 Å². The zero-order valence-electron chi connectivity index (χ0n) is 19.2. The van der Waals surface area contributed by atoms with Gasteiger partial charge in [0.1, 0.15) is 5.75 Å². The first-order valence-corrected chi connectivity index (χ1v) is 11.9. The number of thiocarbonyl (C=S) groups is 1. The molecule has 7 heteroatoms. The summed E-state index contributed by atoms with van der Waals surface area (Å²) in [5, 5.41) is 15.2. The highest BCUT2D eigenvalue weighted by molar-refractivity contribution is 7.80. The minimum atomic E-state index is -0.239. The van der Waals surface area contributed by atoms with Crippen LogP contribution < -0.4 is 10.2 Å². The van der Waals surface area contributed by atoms with Crippen molar-refractivity contribution in [1.82, 2.24) is 14.9 Å². The van der Waals surface area contributed by atoms with Gasteiger partial charge in [-0.2, -0.15) is 0 Å². The van der Waals surface area contributed by atoms with E-state index in [1.54, 1.807) is 24.4 Å². The lowest BCUT2D eigenvalue weighted by molar-refractivity contribution is 0.472. The van der Waals surface area contributed by atoms with Gasteiger partial charge in [-0.1, -0.05) is 35.4 Å². The molecule has 5 nitrogen and oxygen atoms in total. The van der Waals surface area contributed by atoms with Crippen molar-refractivity contribution in [3.63, 3.8) is 0 Å². The Hall–Kier alpha value is -3.35. The van der Waals surface area contributed by atoms with Crippen molar-refractivity contribution in [2.75, 3.05) is 4.90 Å². The Labute approximate surface area is 209 Å². The quantitative estimate of drug-likeness (QED) is 0.328. The molecular formula is C27H25ClN4OS. The summed E-state index contributed by atoms with van der Waals surface area (Å²) in [6.45, 7) is 6.31. The first-order valence-electron chi connectivity index (χ1n) is 11.1. The van der Waals surface area contributed by atoms with Crippen molar-refractivity contribution in [1.29, 1.82) is 0 Å². The van der Waals surface area contributed by atoms with Gasteiger partial charge in [-0.15, -0.1) is 0 Å². The molecule has 1 aliphatic rings. The van der Waals surface area contributed by atoms with Crippen LogP contribution in [-0.4, -0.2) is 19.8 Å². The van der Waals surface area contributed by atoms with E-state index in [2.05, 4.69) is 66.0 Å². The Kier molecular flexibility index (Phi) is 5.80. The molecule has 2 N–H and O–H groups in total. The van der Waals surface area contributed by atoms with Crippen molar-refractivity contribution >= 4 is 34.6 Å². The van der Waals surface area contributed by atoms with Crippen molar-refractivity contribution in [3.8, 4) is 11.4 Å². The van der Waals surface area contributed by atoms with Gasteiger partial charge >= 0.3 is 0 Å². The van der Waals surface area contributed by atoms with E-state index in [4.69, 9.17) is 23.8 Å². The molecule has 0 radical (unpaired) electrons. The summed E-state index contributed by atoms with van der Waals surface area (Å²) in [6.07, 6.45) is 1.78. The minimum absolute atomic E-state index is 0.118. The van der Waals surface area contributed by atoms with Gasteiger partial charge in [0.05, 0.1) is 23.5 Å². The molecule has 1 saturated heterocycles. The van der Waals surface area contributed by atoms with Crippen LogP contribution in [0.15, 0.2) is 72.9 Å². The molecule has 172 valence electrons. The Balaban J connectivity index is 1.70. The zero-order chi connectivity index (χ0) is 24.0. The number of rotatable bonds is 4. The molecule has 1 fully saturated rings. The summed E-state index contributed by atoms with van der Waals surface area (Å²) in [4.78, 5) is 6.58. The van der Waals surface area contributed by atoms with E-state index >= 15 is 0 Å². The van der Waals surface area contributed by atoms with Crippen molar-refractivity contribution in [2.45, 2.75) is 32.9 Å². The zero-order valence-corrected chi connectivity index (χ0v) is 20.7. The number of nitrogens with zero attached hydrogens (tertiary/aromatic N) is 3. The number of nitrogens with one attached hydrogen (secondary N) is 1. The maximum atomic E-state index is 10.8. The molecule has 1 aliphatic heterocycles. The van der Waals surface area contributed by atoms with Gasteiger partial charge in [-0.25, -0.2) is 0 Å². The molecule has 0 saturated carbocycles. The van der Waals surface area contributed by atoms with Crippen LogP contribution in [0.5, 0.6) is 5.75 Å². The summed E-state index contributed by atoms with van der Waals surface area (Å²) in [5.74, 6) is 0.118. The molecule has 34 heavy (non-hydrogen) atoms. The first-order chi connectivity index (χ1) is 16.3. The van der Waals surface area contributed by atoms with Gasteiger partial charge in [0.25, 0.3) is 0 Å². The lowest BCUT2D eigenvalue weighted by Gasteiger charge is -2.28. The van der Waals surface area contributed by atoms with Crippen LogP contribution in [0.2, 0.25) is 5.02 Å². The highest BCUT2D eigenvalue weighted by Crippen LogP contribution is 2.46. The molecule has 2 atom stereocenters. The number of hydrogen-bond donors (Lipinski definition) is 2. The number of aryl methyl sites for hydroxylation is 2. The molecule has 0 bridgehead atoms. The van der Waals surface area contributed by atoms with Crippen LogP contribution in [0.1, 0.15) is 40.3 Å². The Bertz CT molecular complexity index is 1370. The number of aromatic nitrogens is 2. The molecule has 2 aromatic heterocycles. The van der Waals surface area contributed by atoms with Gasteiger partial charge in [0.15, 0.2) is 5.11 Å². The molecule has 0 unspecified atom stereocenters. The third kappa shape index (κ3) is 3.83. The van der Waals surface area contributed by atoms with Gasteiger partial charge in [0.2, 0.25) is 0 Å². The number of anilines is 1. The maximum absolute atomic E-state index is 10.8. The molecule has 0 spiro atoms. The number of halogens is 1. The summed E-state index contributed by atoms with van der Waals surface area (Å²) >= 11 is 12.1. The molecule has 5 rings (SSSR count). The fourth-order valence-electron chi connectivity index (χ4n) is 4.80. The third-order valence-corrected chi connectivity index (χ3v) is 6.93. The SMILES string of the molecule is Cc1ccc(-n2c(C)cc([C@H]3[C@@H](c4ccccn4)NC(=S)N3c3cc(Cl)ccc3O)c2C)cc1. The smallest absolute Gasteiger partial charge is 0.174 e. The third-order valence-electron chi connectivity index (χ3n) is 6.38. The van der Waals surface area contributed by atoms with Crippen molar-refractivity contribution in [2.24, 2.45) is 0 Å². The fourth-order valence-corrected chi connectivity index (χ4v) is 5.30. The van der Waals surface area contributed by atoms with E-state index < -0.39 is 0 Å². The number of pyridine rings is 1. The largest absolute Gasteiger partial charge is 0.506 e. The average molecular weight is 489 g/mol. The van der Waals surface area contributed by atoms with E-state index in [-0.39, 0.29) is 17.8 Å². The summed E-state index contributed by atoms with van der Waals surface area (Å²) in [6, 6.07) is 21.1. The second-order valence-electron chi connectivity index (χ2n) is 8.63. The highest BCUT2D eigenvalue weighted by Gasteiger charge is 2.43.